The standard InChI is InChI=1S/C13H19N3O2S/c1-10(2)13(15)9-16-19(17,18)12-5-3-11(4-6-12)7-8-14/h3-6,10,13,16H,7,9,15H2,1-2H3. The van der Waals surface area contributed by atoms with Crippen LogP contribution in [-0.4, -0.2) is 21.0 Å². The fourth-order valence-corrected chi connectivity index (χ4v) is 2.48. The number of nitrogens with zero attached hydrogens (tertiary/aromatic N) is 1. The molecular weight excluding hydrogens is 262 g/mol. The Morgan fingerprint density at radius 1 is 1.32 bits per heavy atom. The zero-order chi connectivity index (χ0) is 14.5. The SMILES string of the molecule is CC(C)C(N)CNS(=O)(=O)c1ccc(CC#N)cc1. The molecule has 3 N–H and O–H groups in total. The van der Waals surface area contributed by atoms with Gasteiger partial charge in [-0.2, -0.15) is 5.26 Å². The number of hydrogen-bond acceptors (Lipinski definition) is 4. The summed E-state index contributed by atoms with van der Waals surface area (Å²) in [6.45, 7) is 4.09. The summed E-state index contributed by atoms with van der Waals surface area (Å²) < 4.78 is 26.5. The van der Waals surface area contributed by atoms with E-state index in [1.807, 2.05) is 19.9 Å². The fraction of sp³-hybridized carbons (Fsp3) is 0.462. The highest BCUT2D eigenvalue weighted by molar-refractivity contribution is 7.89. The fourth-order valence-electron chi connectivity index (χ4n) is 1.40. The Morgan fingerprint density at radius 3 is 2.37 bits per heavy atom. The number of nitrogens with one attached hydrogen (secondary N) is 1. The Kier molecular flexibility index (Phi) is 5.48. The molecule has 0 heterocycles. The van der Waals surface area contributed by atoms with Crippen molar-refractivity contribution in [2.24, 2.45) is 11.7 Å². The number of rotatable bonds is 6. The molecule has 1 atom stereocenters. The summed E-state index contributed by atoms with van der Waals surface area (Å²) in [5, 5.41) is 8.55. The zero-order valence-corrected chi connectivity index (χ0v) is 11.9. The lowest BCUT2D eigenvalue weighted by atomic mass is 10.1. The van der Waals surface area contributed by atoms with Crippen LogP contribution in [0, 0.1) is 17.2 Å². The zero-order valence-electron chi connectivity index (χ0n) is 11.1. The minimum absolute atomic E-state index is 0.185. The second kappa shape index (κ2) is 6.66. The molecule has 0 aromatic heterocycles. The quantitative estimate of drug-likeness (QED) is 0.813. The second-order valence-electron chi connectivity index (χ2n) is 4.74. The van der Waals surface area contributed by atoms with Gasteiger partial charge in [0.25, 0.3) is 0 Å². The highest BCUT2D eigenvalue weighted by atomic mass is 32.2. The number of sulfonamides is 1. The average Bonchev–Trinajstić information content (AvgIpc) is 2.37. The van der Waals surface area contributed by atoms with Crippen molar-refractivity contribution < 1.29 is 8.42 Å². The van der Waals surface area contributed by atoms with Crippen LogP contribution in [0.25, 0.3) is 0 Å². The van der Waals surface area contributed by atoms with E-state index in [1.54, 1.807) is 12.1 Å². The molecule has 0 bridgehead atoms. The highest BCUT2D eigenvalue weighted by Crippen LogP contribution is 2.11. The lowest BCUT2D eigenvalue weighted by molar-refractivity contribution is 0.481. The second-order valence-corrected chi connectivity index (χ2v) is 6.51. The maximum atomic E-state index is 12.0. The van der Waals surface area contributed by atoms with Crippen LogP contribution in [0.5, 0.6) is 0 Å². The van der Waals surface area contributed by atoms with Gasteiger partial charge in [-0.3, -0.25) is 0 Å². The van der Waals surface area contributed by atoms with E-state index in [-0.39, 0.29) is 29.8 Å². The number of benzene rings is 1. The summed E-state index contributed by atoms with van der Waals surface area (Å²) in [7, 11) is -3.53. The molecule has 5 nitrogen and oxygen atoms in total. The molecule has 0 saturated carbocycles. The normalized spacial score (nSPS) is 13.2. The van der Waals surface area contributed by atoms with Crippen LogP contribution in [0.1, 0.15) is 19.4 Å². The highest BCUT2D eigenvalue weighted by Gasteiger charge is 2.16. The van der Waals surface area contributed by atoms with Gasteiger partial charge in [-0.25, -0.2) is 13.1 Å². The van der Waals surface area contributed by atoms with Gasteiger partial charge in [0, 0.05) is 12.6 Å². The molecular formula is C13H19N3O2S. The average molecular weight is 281 g/mol. The first-order chi connectivity index (χ1) is 8.86. The third-order valence-electron chi connectivity index (χ3n) is 2.88. The van der Waals surface area contributed by atoms with Crippen LogP contribution in [-0.2, 0) is 16.4 Å². The minimum Gasteiger partial charge on any atom is -0.326 e. The van der Waals surface area contributed by atoms with E-state index in [4.69, 9.17) is 11.0 Å². The van der Waals surface area contributed by atoms with Crippen molar-refractivity contribution in [2.75, 3.05) is 6.54 Å². The van der Waals surface area contributed by atoms with Crippen LogP contribution < -0.4 is 10.5 Å². The van der Waals surface area contributed by atoms with Crippen molar-refractivity contribution in [1.82, 2.24) is 4.72 Å². The molecule has 0 fully saturated rings. The smallest absolute Gasteiger partial charge is 0.240 e. The molecule has 0 aliphatic carbocycles. The first kappa shape index (κ1) is 15.6. The molecule has 104 valence electrons. The third-order valence-corrected chi connectivity index (χ3v) is 4.32. The number of hydrogen-bond donors (Lipinski definition) is 2. The summed E-state index contributed by atoms with van der Waals surface area (Å²) in [4.78, 5) is 0.185. The van der Waals surface area contributed by atoms with Gasteiger partial charge in [0.2, 0.25) is 10.0 Å². The largest absolute Gasteiger partial charge is 0.326 e. The monoisotopic (exact) mass is 281 g/mol. The van der Waals surface area contributed by atoms with Crippen molar-refractivity contribution in [1.29, 1.82) is 5.26 Å². The van der Waals surface area contributed by atoms with Crippen LogP contribution in [0.3, 0.4) is 0 Å². The van der Waals surface area contributed by atoms with Gasteiger partial charge >= 0.3 is 0 Å². The summed E-state index contributed by atoms with van der Waals surface area (Å²) in [5.74, 6) is 0.209. The van der Waals surface area contributed by atoms with Gasteiger partial charge in [0.15, 0.2) is 0 Å². The summed E-state index contributed by atoms with van der Waals surface area (Å²) >= 11 is 0. The molecule has 0 saturated heterocycles. The Morgan fingerprint density at radius 2 is 1.89 bits per heavy atom. The number of nitrogens with two attached hydrogens (primary N) is 1. The molecule has 0 spiro atoms. The van der Waals surface area contributed by atoms with E-state index in [1.165, 1.54) is 12.1 Å². The molecule has 0 aliphatic heterocycles. The van der Waals surface area contributed by atoms with E-state index in [2.05, 4.69) is 4.72 Å². The third kappa shape index (κ3) is 4.63. The van der Waals surface area contributed by atoms with Crippen molar-refractivity contribution in [2.45, 2.75) is 31.2 Å². The molecule has 1 rings (SSSR count). The molecule has 1 aromatic carbocycles. The van der Waals surface area contributed by atoms with Gasteiger partial charge in [0.05, 0.1) is 17.4 Å². The van der Waals surface area contributed by atoms with E-state index in [0.29, 0.717) is 0 Å². The molecule has 19 heavy (non-hydrogen) atoms. The minimum atomic E-state index is -3.53. The maximum Gasteiger partial charge on any atom is 0.240 e. The first-order valence-corrected chi connectivity index (χ1v) is 7.56. The molecule has 0 aliphatic rings. The van der Waals surface area contributed by atoms with Crippen molar-refractivity contribution in [3.8, 4) is 6.07 Å². The summed E-state index contributed by atoms with van der Waals surface area (Å²) in [5.41, 5.74) is 6.59. The van der Waals surface area contributed by atoms with Crippen molar-refractivity contribution >= 4 is 10.0 Å². The van der Waals surface area contributed by atoms with E-state index in [0.717, 1.165) is 5.56 Å². The molecule has 1 unspecified atom stereocenters. The van der Waals surface area contributed by atoms with Gasteiger partial charge < -0.3 is 5.73 Å². The maximum absolute atomic E-state index is 12.0. The van der Waals surface area contributed by atoms with Gasteiger partial charge in [-0.1, -0.05) is 26.0 Å². The van der Waals surface area contributed by atoms with Crippen LogP contribution >= 0.6 is 0 Å². The first-order valence-electron chi connectivity index (χ1n) is 6.08. The predicted octanol–water partition coefficient (Wildman–Crippen LogP) is 1.01. The van der Waals surface area contributed by atoms with Crippen molar-refractivity contribution in [3.05, 3.63) is 29.8 Å². The van der Waals surface area contributed by atoms with Gasteiger partial charge in [0.1, 0.15) is 0 Å². The lowest BCUT2D eigenvalue weighted by Crippen LogP contribution is -2.40. The molecule has 6 heteroatoms. The van der Waals surface area contributed by atoms with E-state index < -0.39 is 10.0 Å². The van der Waals surface area contributed by atoms with Crippen molar-refractivity contribution in [3.63, 3.8) is 0 Å². The van der Waals surface area contributed by atoms with E-state index >= 15 is 0 Å². The van der Waals surface area contributed by atoms with E-state index in [9.17, 15) is 8.42 Å². The van der Waals surface area contributed by atoms with Gasteiger partial charge in [-0.05, 0) is 23.6 Å². The lowest BCUT2D eigenvalue weighted by Gasteiger charge is -2.16. The van der Waals surface area contributed by atoms with Crippen LogP contribution in [0.15, 0.2) is 29.2 Å². The Labute approximate surface area is 114 Å². The van der Waals surface area contributed by atoms with Gasteiger partial charge in [-0.15, -0.1) is 0 Å². The van der Waals surface area contributed by atoms with Crippen LogP contribution in [0.4, 0.5) is 0 Å². The summed E-state index contributed by atoms with van der Waals surface area (Å²) in [6, 6.07) is 8.07. The number of nitriles is 1. The Bertz CT molecular complexity index is 544. The topological polar surface area (TPSA) is 96.0 Å². The molecule has 0 radical (unpaired) electrons. The van der Waals surface area contributed by atoms with Crippen LogP contribution in [0.2, 0.25) is 0 Å². The molecule has 0 amide bonds. The molecule has 1 aromatic rings. The Balaban J connectivity index is 2.75. The Hall–Kier alpha value is -1.42. The predicted molar refractivity (Wildman–Crippen MR) is 73.8 cm³/mol. The summed E-state index contributed by atoms with van der Waals surface area (Å²) in [6.07, 6.45) is 0.270.